The van der Waals surface area contributed by atoms with E-state index in [0.29, 0.717) is 19.1 Å². The third-order valence-electron chi connectivity index (χ3n) is 3.43. The van der Waals surface area contributed by atoms with Crippen LogP contribution in [-0.2, 0) is 0 Å². The summed E-state index contributed by atoms with van der Waals surface area (Å²) in [5.74, 6) is 0.0729. The lowest BCUT2D eigenvalue weighted by atomic mass is 10.3. The molecule has 21 heavy (non-hydrogen) atoms. The molecule has 0 spiro atoms. The first kappa shape index (κ1) is 14.0. The van der Waals surface area contributed by atoms with Crippen molar-refractivity contribution >= 4 is 17.2 Å². The van der Waals surface area contributed by atoms with Crippen LogP contribution in [0.25, 0.3) is 0 Å². The molecule has 0 saturated carbocycles. The normalized spacial score (nSPS) is 18.0. The molecule has 6 heteroatoms. The summed E-state index contributed by atoms with van der Waals surface area (Å²) >= 11 is 1.53. The van der Waals surface area contributed by atoms with Gasteiger partial charge in [-0.3, -0.25) is 4.79 Å². The van der Waals surface area contributed by atoms with E-state index in [9.17, 15) is 4.79 Å². The molecule has 0 aliphatic carbocycles. The Hall–Kier alpha value is -1.95. The number of hydrogen-bond donors (Lipinski definition) is 0. The molecule has 1 aliphatic rings. The highest BCUT2D eigenvalue weighted by Gasteiger charge is 2.29. The van der Waals surface area contributed by atoms with Gasteiger partial charge in [0.2, 0.25) is 0 Å². The molecular formula is C15H17N3O2S. The predicted molar refractivity (Wildman–Crippen MR) is 80.8 cm³/mol. The lowest BCUT2D eigenvalue weighted by Crippen LogP contribution is -2.30. The monoisotopic (exact) mass is 303 g/mol. The Balaban J connectivity index is 1.63. The van der Waals surface area contributed by atoms with E-state index in [4.69, 9.17) is 4.74 Å². The van der Waals surface area contributed by atoms with Crippen molar-refractivity contribution < 1.29 is 9.53 Å². The number of rotatable bonds is 3. The average Bonchev–Trinajstić information content (AvgIpc) is 3.07. The van der Waals surface area contributed by atoms with Gasteiger partial charge in [0, 0.05) is 29.7 Å². The summed E-state index contributed by atoms with van der Waals surface area (Å²) in [5.41, 5.74) is 2.53. The highest BCUT2D eigenvalue weighted by atomic mass is 32.1. The molecular weight excluding hydrogens is 286 g/mol. The van der Waals surface area contributed by atoms with Gasteiger partial charge in [0.1, 0.15) is 6.10 Å². The number of thiophene rings is 1. The minimum Gasteiger partial charge on any atom is -0.458 e. The number of aryl methyl sites for hydroxylation is 2. The van der Waals surface area contributed by atoms with E-state index in [-0.39, 0.29) is 12.0 Å². The lowest BCUT2D eigenvalue weighted by Gasteiger charge is -2.16. The molecule has 5 nitrogen and oxygen atoms in total. The molecule has 1 saturated heterocycles. The van der Waals surface area contributed by atoms with Gasteiger partial charge in [-0.2, -0.15) is 11.3 Å². The standard InChI is InChI=1S/C15H17N3O2S/c1-10-7-11(2)17-15(16-10)20-13-3-5-18(8-13)14(19)12-4-6-21-9-12/h4,6-7,9,13H,3,5,8H2,1-2H3/t13-/m1/s1. The Morgan fingerprint density at radius 2 is 2.14 bits per heavy atom. The van der Waals surface area contributed by atoms with Crippen molar-refractivity contribution in [2.45, 2.75) is 26.4 Å². The molecule has 1 aliphatic heterocycles. The van der Waals surface area contributed by atoms with Crippen molar-refractivity contribution in [2.75, 3.05) is 13.1 Å². The summed E-state index contributed by atoms with van der Waals surface area (Å²) < 4.78 is 5.82. The number of carbonyl (C=O) groups is 1. The maximum Gasteiger partial charge on any atom is 0.317 e. The number of ether oxygens (including phenoxy) is 1. The third kappa shape index (κ3) is 3.21. The minimum atomic E-state index is -0.0335. The van der Waals surface area contributed by atoms with E-state index < -0.39 is 0 Å². The first-order valence-electron chi connectivity index (χ1n) is 6.92. The van der Waals surface area contributed by atoms with Crippen molar-refractivity contribution in [1.29, 1.82) is 0 Å². The highest BCUT2D eigenvalue weighted by molar-refractivity contribution is 7.08. The van der Waals surface area contributed by atoms with E-state index in [1.807, 2.05) is 41.6 Å². The van der Waals surface area contributed by atoms with Crippen molar-refractivity contribution in [3.8, 4) is 6.01 Å². The lowest BCUT2D eigenvalue weighted by molar-refractivity contribution is 0.0770. The molecule has 0 aromatic carbocycles. The fourth-order valence-corrected chi connectivity index (χ4v) is 3.10. The van der Waals surface area contributed by atoms with Gasteiger partial charge in [-0.15, -0.1) is 0 Å². The molecule has 3 rings (SSSR count). The number of aromatic nitrogens is 2. The zero-order chi connectivity index (χ0) is 14.8. The summed E-state index contributed by atoms with van der Waals surface area (Å²) in [5, 5.41) is 3.80. The molecule has 1 atom stereocenters. The van der Waals surface area contributed by atoms with Crippen LogP contribution in [0, 0.1) is 13.8 Å². The summed E-state index contributed by atoms with van der Waals surface area (Å²) in [6.07, 6.45) is 0.778. The SMILES string of the molecule is Cc1cc(C)nc(O[C@@H]2CCN(C(=O)c3ccsc3)C2)n1. The molecule has 2 aromatic rings. The van der Waals surface area contributed by atoms with Crippen molar-refractivity contribution in [1.82, 2.24) is 14.9 Å². The first-order valence-corrected chi connectivity index (χ1v) is 7.86. The second kappa shape index (κ2) is 5.81. The third-order valence-corrected chi connectivity index (χ3v) is 4.12. The van der Waals surface area contributed by atoms with Crippen molar-refractivity contribution in [2.24, 2.45) is 0 Å². The molecule has 2 aromatic heterocycles. The van der Waals surface area contributed by atoms with Gasteiger partial charge >= 0.3 is 6.01 Å². The van der Waals surface area contributed by atoms with E-state index in [1.54, 1.807) is 0 Å². The van der Waals surface area contributed by atoms with Crippen LogP contribution in [0.3, 0.4) is 0 Å². The molecule has 0 bridgehead atoms. The van der Waals surface area contributed by atoms with E-state index in [2.05, 4.69) is 9.97 Å². The molecule has 3 heterocycles. The second-order valence-corrected chi connectivity index (χ2v) is 6.01. The van der Waals surface area contributed by atoms with Crippen LogP contribution < -0.4 is 4.74 Å². The highest BCUT2D eigenvalue weighted by Crippen LogP contribution is 2.19. The molecule has 0 unspecified atom stereocenters. The molecule has 0 radical (unpaired) electrons. The molecule has 110 valence electrons. The van der Waals surface area contributed by atoms with E-state index in [0.717, 1.165) is 23.4 Å². The quantitative estimate of drug-likeness (QED) is 0.874. The van der Waals surface area contributed by atoms with Gasteiger partial charge in [-0.25, -0.2) is 9.97 Å². The maximum absolute atomic E-state index is 12.3. The van der Waals surface area contributed by atoms with Gasteiger partial charge < -0.3 is 9.64 Å². The fraction of sp³-hybridized carbons (Fsp3) is 0.400. The largest absolute Gasteiger partial charge is 0.458 e. The molecule has 1 amide bonds. The zero-order valence-corrected chi connectivity index (χ0v) is 12.9. The topological polar surface area (TPSA) is 55.3 Å². The Kier molecular flexibility index (Phi) is 3.88. The fourth-order valence-electron chi connectivity index (χ4n) is 2.47. The summed E-state index contributed by atoms with van der Waals surface area (Å²) in [4.78, 5) is 22.7. The van der Waals surface area contributed by atoms with Crippen LogP contribution in [0.2, 0.25) is 0 Å². The van der Waals surface area contributed by atoms with Gasteiger partial charge in [-0.1, -0.05) is 0 Å². The van der Waals surface area contributed by atoms with Gasteiger partial charge in [0.05, 0.1) is 12.1 Å². The first-order chi connectivity index (χ1) is 10.1. The average molecular weight is 303 g/mol. The van der Waals surface area contributed by atoms with Crippen LogP contribution >= 0.6 is 11.3 Å². The van der Waals surface area contributed by atoms with Gasteiger partial charge in [0.25, 0.3) is 5.91 Å². The number of carbonyl (C=O) groups excluding carboxylic acids is 1. The second-order valence-electron chi connectivity index (χ2n) is 5.23. The van der Waals surface area contributed by atoms with Crippen molar-refractivity contribution in [3.63, 3.8) is 0 Å². The maximum atomic E-state index is 12.3. The number of amides is 1. The Morgan fingerprint density at radius 1 is 1.38 bits per heavy atom. The smallest absolute Gasteiger partial charge is 0.317 e. The molecule has 1 fully saturated rings. The van der Waals surface area contributed by atoms with E-state index >= 15 is 0 Å². The van der Waals surface area contributed by atoms with Crippen molar-refractivity contribution in [3.05, 3.63) is 39.8 Å². The van der Waals surface area contributed by atoms with Crippen LogP contribution in [0.4, 0.5) is 0 Å². The summed E-state index contributed by atoms with van der Waals surface area (Å²) in [6.45, 7) is 5.14. The number of nitrogens with zero attached hydrogens (tertiary/aromatic N) is 3. The minimum absolute atomic E-state index is 0.0335. The molecule has 0 N–H and O–H groups in total. The zero-order valence-electron chi connectivity index (χ0n) is 12.1. The van der Waals surface area contributed by atoms with E-state index in [1.165, 1.54) is 11.3 Å². The Labute approximate surface area is 127 Å². The van der Waals surface area contributed by atoms with Gasteiger partial charge in [-0.05, 0) is 31.4 Å². The van der Waals surface area contributed by atoms with Crippen LogP contribution in [-0.4, -0.2) is 40.0 Å². The summed E-state index contributed by atoms with van der Waals surface area (Å²) in [7, 11) is 0. The number of hydrogen-bond acceptors (Lipinski definition) is 5. The van der Waals surface area contributed by atoms with Crippen LogP contribution in [0.5, 0.6) is 6.01 Å². The van der Waals surface area contributed by atoms with Crippen LogP contribution in [0.15, 0.2) is 22.9 Å². The number of likely N-dealkylation sites (tertiary alicyclic amines) is 1. The van der Waals surface area contributed by atoms with Gasteiger partial charge in [0.15, 0.2) is 0 Å². The predicted octanol–water partition coefficient (Wildman–Crippen LogP) is 2.45. The Morgan fingerprint density at radius 3 is 2.81 bits per heavy atom. The Bertz CT molecular complexity index is 622. The van der Waals surface area contributed by atoms with Crippen LogP contribution in [0.1, 0.15) is 28.2 Å². The summed E-state index contributed by atoms with van der Waals surface area (Å²) in [6, 6.07) is 4.17.